The summed E-state index contributed by atoms with van der Waals surface area (Å²) < 4.78 is 17.1. The first-order valence-electron chi connectivity index (χ1n) is 8.10. The average molecular weight is 336 g/mol. The van der Waals surface area contributed by atoms with Crippen LogP contribution in [0.2, 0.25) is 18.1 Å². The van der Waals surface area contributed by atoms with E-state index in [9.17, 15) is 0 Å². The van der Waals surface area contributed by atoms with Gasteiger partial charge in [0.05, 0.1) is 26.9 Å². The topological polar surface area (TPSA) is 40.0 Å². The van der Waals surface area contributed by atoms with Gasteiger partial charge in [-0.05, 0) is 47.8 Å². The quantitative estimate of drug-likeness (QED) is 0.762. The van der Waals surface area contributed by atoms with Crippen molar-refractivity contribution in [3.8, 4) is 11.5 Å². The van der Waals surface area contributed by atoms with Gasteiger partial charge in [-0.15, -0.1) is 0 Å². The first kappa shape index (κ1) is 18.0. The molecule has 0 radical (unpaired) electrons. The number of rotatable bonds is 5. The predicted molar refractivity (Wildman–Crippen MR) is 97.8 cm³/mol. The normalized spacial score (nSPS) is 17.8. The Kier molecular flexibility index (Phi) is 5.21. The van der Waals surface area contributed by atoms with Crippen molar-refractivity contribution < 1.29 is 13.9 Å². The molecule has 1 heterocycles. The van der Waals surface area contributed by atoms with E-state index in [1.807, 2.05) is 12.3 Å². The Labute approximate surface area is 141 Å². The molecule has 0 fully saturated rings. The monoisotopic (exact) mass is 335 g/mol. The van der Waals surface area contributed by atoms with Gasteiger partial charge >= 0.3 is 0 Å². The molecule has 1 aromatic rings. The second-order valence-corrected chi connectivity index (χ2v) is 12.4. The average Bonchev–Trinajstić information content (AvgIpc) is 2.50. The van der Waals surface area contributed by atoms with Crippen LogP contribution in [0.4, 0.5) is 0 Å². The van der Waals surface area contributed by atoms with Crippen molar-refractivity contribution in [1.82, 2.24) is 0 Å². The fraction of sp³-hybridized carbons (Fsp3) is 0.611. The summed E-state index contributed by atoms with van der Waals surface area (Å²) in [5.41, 5.74) is 2.34. The van der Waals surface area contributed by atoms with Crippen molar-refractivity contribution in [2.24, 2.45) is 4.99 Å². The lowest BCUT2D eigenvalue weighted by atomic mass is 9.97. The van der Waals surface area contributed by atoms with Crippen LogP contribution < -0.4 is 9.47 Å². The molecule has 0 aliphatic carbocycles. The standard InChI is InChI=1S/C18H29NO3Si/c1-18(2,3)23(6,7)22-12-15-8-13-9-16(20-4)17(21-5)10-14(13)11-19-15/h9-11,15H,8,12H2,1-7H3/t15-/m0/s1. The molecule has 0 N–H and O–H groups in total. The first-order chi connectivity index (χ1) is 10.7. The molecule has 0 saturated heterocycles. The predicted octanol–water partition coefficient (Wildman–Crippen LogP) is 4.07. The molecule has 0 saturated carbocycles. The van der Waals surface area contributed by atoms with Gasteiger partial charge in [0.1, 0.15) is 0 Å². The van der Waals surface area contributed by atoms with Gasteiger partial charge < -0.3 is 13.9 Å². The molecule has 1 aromatic carbocycles. The molecule has 1 atom stereocenters. The number of ether oxygens (including phenoxy) is 2. The van der Waals surface area contributed by atoms with E-state index in [1.165, 1.54) is 5.56 Å². The molecule has 0 amide bonds. The van der Waals surface area contributed by atoms with E-state index in [2.05, 4.69) is 44.9 Å². The van der Waals surface area contributed by atoms with Crippen LogP contribution in [0.1, 0.15) is 31.9 Å². The Bertz CT molecular complexity index is 591. The number of fused-ring (bicyclic) bond motifs is 1. The number of aliphatic imine (C=N–C) groups is 1. The first-order valence-corrected chi connectivity index (χ1v) is 11.0. The lowest BCUT2D eigenvalue weighted by Gasteiger charge is -2.37. The fourth-order valence-corrected chi connectivity index (χ4v) is 3.39. The molecule has 1 aliphatic rings. The van der Waals surface area contributed by atoms with Crippen molar-refractivity contribution in [3.05, 3.63) is 23.3 Å². The zero-order valence-corrected chi connectivity index (χ0v) is 16.4. The van der Waals surface area contributed by atoms with Gasteiger partial charge in [0.15, 0.2) is 19.8 Å². The minimum absolute atomic E-state index is 0.176. The Morgan fingerprint density at radius 2 is 1.74 bits per heavy atom. The van der Waals surface area contributed by atoms with Crippen LogP contribution in [0.25, 0.3) is 0 Å². The van der Waals surface area contributed by atoms with Crippen molar-refractivity contribution in [2.75, 3.05) is 20.8 Å². The van der Waals surface area contributed by atoms with Crippen LogP contribution in [-0.4, -0.2) is 41.4 Å². The van der Waals surface area contributed by atoms with Crippen LogP contribution in [0.5, 0.6) is 11.5 Å². The molecular weight excluding hydrogens is 306 g/mol. The van der Waals surface area contributed by atoms with E-state index in [1.54, 1.807) is 14.2 Å². The van der Waals surface area contributed by atoms with Crippen molar-refractivity contribution in [1.29, 1.82) is 0 Å². The van der Waals surface area contributed by atoms with Crippen LogP contribution in [0, 0.1) is 0 Å². The highest BCUT2D eigenvalue weighted by Gasteiger charge is 2.37. The Hall–Kier alpha value is -1.33. The number of hydrogen-bond acceptors (Lipinski definition) is 4. The molecule has 2 rings (SSSR count). The highest BCUT2D eigenvalue weighted by Crippen LogP contribution is 2.37. The van der Waals surface area contributed by atoms with E-state index in [-0.39, 0.29) is 11.1 Å². The molecule has 23 heavy (non-hydrogen) atoms. The molecule has 1 aliphatic heterocycles. The summed E-state index contributed by atoms with van der Waals surface area (Å²) >= 11 is 0. The smallest absolute Gasteiger partial charge is 0.192 e. The van der Waals surface area contributed by atoms with Gasteiger partial charge in [-0.2, -0.15) is 0 Å². The summed E-state index contributed by atoms with van der Waals surface area (Å²) in [5, 5.41) is 0.222. The van der Waals surface area contributed by atoms with Crippen LogP contribution >= 0.6 is 0 Å². The maximum absolute atomic E-state index is 6.32. The molecular formula is C18H29NO3Si. The summed E-state index contributed by atoms with van der Waals surface area (Å²) in [6, 6.07) is 4.22. The Morgan fingerprint density at radius 1 is 1.13 bits per heavy atom. The fourth-order valence-electron chi connectivity index (χ4n) is 2.35. The summed E-state index contributed by atoms with van der Waals surface area (Å²) in [6.07, 6.45) is 2.81. The third kappa shape index (κ3) is 3.96. The van der Waals surface area contributed by atoms with E-state index < -0.39 is 8.32 Å². The van der Waals surface area contributed by atoms with E-state index in [4.69, 9.17) is 13.9 Å². The Balaban J connectivity index is 2.10. The Morgan fingerprint density at radius 3 is 2.30 bits per heavy atom. The molecule has 0 unspecified atom stereocenters. The van der Waals surface area contributed by atoms with Gasteiger partial charge in [-0.1, -0.05) is 20.8 Å². The van der Waals surface area contributed by atoms with Gasteiger partial charge in [0.2, 0.25) is 0 Å². The third-order valence-corrected chi connectivity index (χ3v) is 9.47. The zero-order valence-electron chi connectivity index (χ0n) is 15.4. The highest BCUT2D eigenvalue weighted by molar-refractivity contribution is 6.74. The highest BCUT2D eigenvalue weighted by atomic mass is 28.4. The minimum Gasteiger partial charge on any atom is -0.493 e. The van der Waals surface area contributed by atoms with Crippen molar-refractivity contribution >= 4 is 14.5 Å². The molecule has 0 aromatic heterocycles. The zero-order chi connectivity index (χ0) is 17.3. The molecule has 128 valence electrons. The minimum atomic E-state index is -1.73. The SMILES string of the molecule is COc1cc2c(cc1OC)C[C@@H](CO[Si](C)(C)C(C)(C)C)N=C2. The van der Waals surface area contributed by atoms with Gasteiger partial charge in [0.25, 0.3) is 0 Å². The second kappa shape index (κ2) is 6.65. The summed E-state index contributed by atoms with van der Waals surface area (Å²) in [4.78, 5) is 4.66. The maximum Gasteiger partial charge on any atom is 0.192 e. The van der Waals surface area contributed by atoms with Crippen molar-refractivity contribution in [3.63, 3.8) is 0 Å². The second-order valence-electron chi connectivity index (χ2n) is 7.61. The van der Waals surface area contributed by atoms with Crippen LogP contribution in [-0.2, 0) is 10.8 Å². The number of methoxy groups -OCH3 is 2. The molecule has 0 spiro atoms. The van der Waals surface area contributed by atoms with Crippen molar-refractivity contribution in [2.45, 2.75) is 51.4 Å². The lowest BCUT2D eigenvalue weighted by molar-refractivity contribution is 0.262. The summed E-state index contributed by atoms with van der Waals surface area (Å²) in [7, 11) is 1.59. The van der Waals surface area contributed by atoms with E-state index in [0.717, 1.165) is 23.5 Å². The van der Waals surface area contributed by atoms with Gasteiger partial charge in [-0.25, -0.2) is 0 Å². The maximum atomic E-state index is 6.32. The third-order valence-electron chi connectivity index (χ3n) is 4.97. The number of nitrogens with zero attached hydrogens (tertiary/aromatic N) is 1. The van der Waals surface area contributed by atoms with E-state index in [0.29, 0.717) is 6.61 Å². The van der Waals surface area contributed by atoms with Gasteiger partial charge in [-0.3, -0.25) is 4.99 Å². The van der Waals surface area contributed by atoms with Crippen LogP contribution in [0.3, 0.4) is 0 Å². The van der Waals surface area contributed by atoms with Crippen LogP contribution in [0.15, 0.2) is 17.1 Å². The molecule has 0 bridgehead atoms. The largest absolute Gasteiger partial charge is 0.493 e. The molecule has 5 heteroatoms. The summed E-state index contributed by atoms with van der Waals surface area (Å²) in [5.74, 6) is 1.51. The molecule has 4 nitrogen and oxygen atoms in total. The number of hydrogen-bond donors (Lipinski definition) is 0. The van der Waals surface area contributed by atoms with Gasteiger partial charge in [0, 0.05) is 6.21 Å². The summed E-state index contributed by atoms with van der Waals surface area (Å²) in [6.45, 7) is 12.0. The van der Waals surface area contributed by atoms with E-state index >= 15 is 0 Å². The number of benzene rings is 1. The lowest BCUT2D eigenvalue weighted by Crippen LogP contribution is -2.42.